The number of allylic oxidation sites excluding steroid dienone is 1. The molecule has 1 aliphatic carbocycles. The Morgan fingerprint density at radius 1 is 0.333 bits per heavy atom. The second kappa shape index (κ2) is 10.3. The molecule has 0 saturated heterocycles. The van der Waals surface area contributed by atoms with Gasteiger partial charge in [-0.2, -0.15) is 0 Å². The Morgan fingerprint density at radius 3 is 1.16 bits per heavy atom. The van der Waals surface area contributed by atoms with Gasteiger partial charge in [0.05, 0.1) is 10.9 Å². The average Bonchev–Trinajstić information content (AvgIpc) is 3.21. The molecule has 236 valence electrons. The topological polar surface area (TPSA) is 0 Å². The van der Waals surface area contributed by atoms with Gasteiger partial charge in [0, 0.05) is 10.9 Å². The number of hydrogen-bond donors (Lipinski definition) is 0. The first-order valence-electron chi connectivity index (χ1n) is 11.2. The normalized spacial score (nSPS) is 16.3. The maximum absolute atomic E-state index is 17.1. The van der Waals surface area contributed by atoms with E-state index in [1.165, 1.54) is 0 Å². The Morgan fingerprint density at radius 2 is 0.667 bits per heavy atom. The van der Waals surface area contributed by atoms with E-state index in [0.717, 1.165) is 0 Å². The van der Waals surface area contributed by atoms with Gasteiger partial charge in [0.2, 0.25) is 0 Å². The lowest BCUT2D eigenvalue weighted by atomic mass is 10.1. The van der Waals surface area contributed by atoms with E-state index >= 15 is 26.3 Å². The summed E-state index contributed by atoms with van der Waals surface area (Å²) in [5, 5.41) is -5.30. The molecule has 0 fully saturated rings. The molecule has 5 rings (SSSR count). The molecular formula is C25AlF19. The fourth-order valence-electron chi connectivity index (χ4n) is 5.04. The molecule has 0 N–H and O–H groups in total. The van der Waals surface area contributed by atoms with Gasteiger partial charge in [0.15, 0.2) is 105 Å². The second-order valence-corrected chi connectivity index (χ2v) is 11.9. The van der Waals surface area contributed by atoms with E-state index in [0.29, 0.717) is 0 Å². The van der Waals surface area contributed by atoms with Gasteiger partial charge in [-0.3, -0.25) is 0 Å². The van der Waals surface area contributed by atoms with Crippen LogP contribution >= 0.6 is 0 Å². The Hall–Kier alpha value is -3.92. The first-order valence-corrected chi connectivity index (χ1v) is 12.9. The van der Waals surface area contributed by atoms with Crippen molar-refractivity contribution < 1.29 is 83.4 Å². The van der Waals surface area contributed by atoms with Crippen LogP contribution < -0.4 is 8.85 Å². The van der Waals surface area contributed by atoms with Crippen LogP contribution in [0.2, 0.25) is 0 Å². The largest absolute Gasteiger partial charge is 0.430 e. The molecule has 0 bridgehead atoms. The molecule has 4 aromatic rings. The quantitative estimate of drug-likeness (QED) is 0.0897. The minimum absolute atomic E-state index is 2.62. The summed E-state index contributed by atoms with van der Waals surface area (Å²) in [5.41, 5.74) is -5.53. The van der Waals surface area contributed by atoms with Crippen LogP contribution in [0.15, 0.2) is 5.83 Å². The van der Waals surface area contributed by atoms with Gasteiger partial charge in [-0.15, -0.1) is 0 Å². The molecule has 0 radical (unpaired) electrons. The third-order valence-corrected chi connectivity index (χ3v) is 10.5. The highest BCUT2D eigenvalue weighted by Crippen LogP contribution is 2.53. The average molecular weight is 688 g/mol. The van der Waals surface area contributed by atoms with Crippen molar-refractivity contribution in [1.29, 1.82) is 0 Å². The SMILES string of the molecule is FC1=C(F)[C](F)([Al]([c]2c(F)c(F)c(F)c(F)c2F)[c]2c(F)c(F)c(F)c3c(F)c(F)c(F)c(F)c23)c2c(F)c(F)c(F)c(F)c21. The Labute approximate surface area is 238 Å². The monoisotopic (exact) mass is 688 g/mol. The van der Waals surface area contributed by atoms with Crippen molar-refractivity contribution in [2.45, 2.75) is 4.53 Å². The summed E-state index contributed by atoms with van der Waals surface area (Å²) in [7, 11) is 0. The lowest BCUT2D eigenvalue weighted by Gasteiger charge is -2.30. The number of rotatable bonds is 3. The van der Waals surface area contributed by atoms with Gasteiger partial charge >= 0.3 is 14.1 Å². The molecule has 1 aliphatic rings. The highest BCUT2D eigenvalue weighted by Gasteiger charge is 2.64. The summed E-state index contributed by atoms with van der Waals surface area (Å²) in [6.07, 6.45) is 0. The van der Waals surface area contributed by atoms with Gasteiger partial charge in [0.25, 0.3) is 0 Å². The molecule has 1 atom stereocenters. The van der Waals surface area contributed by atoms with Crippen LogP contribution in [0, 0.1) is 93.1 Å². The highest BCUT2D eigenvalue weighted by molar-refractivity contribution is 6.89. The van der Waals surface area contributed by atoms with Crippen molar-refractivity contribution in [2.75, 3.05) is 0 Å². The predicted molar refractivity (Wildman–Crippen MR) is 113 cm³/mol. The Balaban J connectivity index is 2.17. The second-order valence-electron chi connectivity index (χ2n) is 9.12. The number of benzene rings is 4. The van der Waals surface area contributed by atoms with Gasteiger partial charge in [0.1, 0.15) is 4.53 Å². The van der Waals surface area contributed by atoms with Crippen molar-refractivity contribution in [3.63, 3.8) is 0 Å². The third-order valence-electron chi connectivity index (χ3n) is 6.96. The van der Waals surface area contributed by atoms with Crippen LogP contribution in [0.1, 0.15) is 11.1 Å². The Bertz CT molecular complexity index is 2030. The predicted octanol–water partition coefficient (Wildman–Crippen LogP) is 7.70. The van der Waals surface area contributed by atoms with E-state index < -0.39 is 154 Å². The van der Waals surface area contributed by atoms with E-state index in [1.807, 2.05) is 0 Å². The lowest BCUT2D eigenvalue weighted by Crippen LogP contribution is -2.61. The van der Waals surface area contributed by atoms with E-state index in [2.05, 4.69) is 0 Å². The molecule has 20 heteroatoms. The summed E-state index contributed by atoms with van der Waals surface area (Å²) in [6.45, 7) is 0. The summed E-state index contributed by atoms with van der Waals surface area (Å²) in [4.78, 5) is 0. The molecule has 0 heterocycles. The van der Waals surface area contributed by atoms with Crippen molar-refractivity contribution >= 4 is 39.6 Å². The van der Waals surface area contributed by atoms with Crippen molar-refractivity contribution in [2.24, 2.45) is 0 Å². The zero-order chi connectivity index (χ0) is 33.9. The van der Waals surface area contributed by atoms with Crippen LogP contribution in [0.25, 0.3) is 16.6 Å². The lowest BCUT2D eigenvalue weighted by molar-refractivity contribution is 0.266. The fourth-order valence-corrected chi connectivity index (χ4v) is 8.77. The minimum atomic E-state index is -6.92. The molecule has 0 nitrogen and oxygen atoms in total. The summed E-state index contributed by atoms with van der Waals surface area (Å²) >= 11 is -6.92. The van der Waals surface area contributed by atoms with E-state index in [1.54, 1.807) is 0 Å². The standard InChI is InChI=1S/C10F7.C9F7.C6F5.Al/c11-3-1-2-4(7(14)6(3)13)8(15)10(17)9(16)5(2)12;10-3-1-2(4(11)7(3)14)6(13)9(16)8(15)5(1)12;7-2-1-3(8)5(10)6(11)4(2)9;. The Kier molecular flexibility index (Phi) is 7.44. The zero-order valence-corrected chi connectivity index (χ0v) is 21.4. The third kappa shape index (κ3) is 3.90. The number of fused-ring (bicyclic) bond motifs is 2. The maximum atomic E-state index is 17.1. The number of alkyl halides is 1. The van der Waals surface area contributed by atoms with Crippen LogP contribution in [0.3, 0.4) is 0 Å². The van der Waals surface area contributed by atoms with Crippen LogP contribution in [0.4, 0.5) is 83.4 Å². The van der Waals surface area contributed by atoms with Gasteiger partial charge in [-0.25, -0.2) is 83.4 Å². The summed E-state index contributed by atoms with van der Waals surface area (Å²) < 4.78 is 269. The molecule has 0 saturated carbocycles. The molecule has 1 unspecified atom stereocenters. The van der Waals surface area contributed by atoms with Crippen LogP contribution in [-0.2, 0) is 4.53 Å². The zero-order valence-electron chi connectivity index (χ0n) is 20.3. The summed E-state index contributed by atoms with van der Waals surface area (Å²) in [6, 6.07) is 0. The molecule has 45 heavy (non-hydrogen) atoms. The van der Waals surface area contributed by atoms with Crippen molar-refractivity contribution in [3.8, 4) is 0 Å². The number of hydrogen-bond acceptors (Lipinski definition) is 0. The molecule has 0 spiro atoms. The van der Waals surface area contributed by atoms with E-state index in [-0.39, 0.29) is 0 Å². The fraction of sp³-hybridized carbons (Fsp3) is 0.0400. The first kappa shape index (κ1) is 32.5. The van der Waals surface area contributed by atoms with Gasteiger partial charge in [-0.05, 0) is 4.43 Å². The van der Waals surface area contributed by atoms with Crippen molar-refractivity contribution in [3.05, 3.63) is 110 Å². The smallest absolute Gasteiger partial charge is 0.247 e. The molecule has 4 aromatic carbocycles. The van der Waals surface area contributed by atoms with Crippen LogP contribution in [0.5, 0.6) is 0 Å². The molecule has 0 aliphatic heterocycles. The highest BCUT2D eigenvalue weighted by atomic mass is 27.2. The number of halogens is 19. The molecular weight excluding hydrogens is 688 g/mol. The summed E-state index contributed by atoms with van der Waals surface area (Å²) in [5.74, 6) is -57.3. The molecule has 0 amide bonds. The van der Waals surface area contributed by atoms with E-state index in [9.17, 15) is 57.1 Å². The van der Waals surface area contributed by atoms with Crippen molar-refractivity contribution in [1.82, 2.24) is 0 Å². The first-order chi connectivity index (χ1) is 20.8. The maximum Gasteiger partial charge on any atom is 0.430 e. The van der Waals surface area contributed by atoms with Gasteiger partial charge in [-0.1, -0.05) is 4.43 Å². The van der Waals surface area contributed by atoms with E-state index in [4.69, 9.17) is 0 Å². The van der Waals surface area contributed by atoms with Gasteiger partial charge < -0.3 is 0 Å². The van der Waals surface area contributed by atoms with Crippen LogP contribution in [-0.4, -0.2) is 14.1 Å². The minimum Gasteiger partial charge on any atom is -0.247 e. The molecule has 0 aromatic heterocycles.